The van der Waals surface area contributed by atoms with E-state index in [9.17, 15) is 4.79 Å². The van der Waals surface area contributed by atoms with Crippen LogP contribution >= 0.6 is 0 Å². The van der Waals surface area contributed by atoms with Crippen molar-refractivity contribution in [3.63, 3.8) is 0 Å². The molecule has 0 radical (unpaired) electrons. The molecule has 24 heavy (non-hydrogen) atoms. The van der Waals surface area contributed by atoms with Gasteiger partial charge in [0.05, 0.1) is 11.8 Å². The Labute approximate surface area is 141 Å². The first kappa shape index (κ1) is 15.1. The molecule has 0 spiro atoms. The topological polar surface area (TPSA) is 67.2 Å². The molecule has 2 fully saturated rings. The molecular formula is C17H22N6O. The number of aryl methyl sites for hydroxylation is 1. The van der Waals surface area contributed by atoms with Gasteiger partial charge in [-0.2, -0.15) is 5.10 Å². The molecule has 0 aromatic carbocycles. The lowest BCUT2D eigenvalue weighted by atomic mass is 10.3. The Morgan fingerprint density at radius 2 is 2.08 bits per heavy atom. The Morgan fingerprint density at radius 1 is 1.21 bits per heavy atom. The lowest BCUT2D eigenvalue weighted by Gasteiger charge is -2.22. The summed E-state index contributed by atoms with van der Waals surface area (Å²) in [6.45, 7) is 3.19. The van der Waals surface area contributed by atoms with E-state index in [1.165, 1.54) is 12.8 Å². The monoisotopic (exact) mass is 326 g/mol. The number of nitrogens with zero attached hydrogens (tertiary/aromatic N) is 6. The molecular weight excluding hydrogens is 304 g/mol. The van der Waals surface area contributed by atoms with E-state index in [0.717, 1.165) is 37.7 Å². The number of anilines is 1. The maximum Gasteiger partial charge on any atom is 0.257 e. The highest BCUT2D eigenvalue weighted by molar-refractivity contribution is 5.93. The van der Waals surface area contributed by atoms with Crippen LogP contribution in [0.4, 0.5) is 5.82 Å². The lowest BCUT2D eigenvalue weighted by Crippen LogP contribution is -2.35. The zero-order valence-electron chi connectivity index (χ0n) is 13.9. The molecule has 2 aromatic heterocycles. The summed E-state index contributed by atoms with van der Waals surface area (Å²) in [6.07, 6.45) is 8.62. The van der Waals surface area contributed by atoms with Crippen LogP contribution in [0, 0.1) is 0 Å². The Kier molecular flexibility index (Phi) is 3.92. The van der Waals surface area contributed by atoms with E-state index in [1.807, 2.05) is 24.2 Å². The normalized spacial score (nSPS) is 18.5. The van der Waals surface area contributed by atoms with Crippen LogP contribution in [0.5, 0.6) is 0 Å². The van der Waals surface area contributed by atoms with Crippen molar-refractivity contribution in [1.82, 2.24) is 24.6 Å². The van der Waals surface area contributed by atoms with Gasteiger partial charge in [0.2, 0.25) is 0 Å². The molecule has 1 aliphatic heterocycles. The second-order valence-electron chi connectivity index (χ2n) is 6.58. The molecule has 4 rings (SSSR count). The van der Waals surface area contributed by atoms with Crippen LogP contribution in [0.2, 0.25) is 0 Å². The average Bonchev–Trinajstić information content (AvgIpc) is 3.39. The van der Waals surface area contributed by atoms with Gasteiger partial charge in [-0.3, -0.25) is 9.48 Å². The number of carbonyl (C=O) groups excluding carboxylic acids is 1. The third kappa shape index (κ3) is 3.11. The van der Waals surface area contributed by atoms with Crippen molar-refractivity contribution in [2.24, 2.45) is 7.05 Å². The molecule has 126 valence electrons. The van der Waals surface area contributed by atoms with Gasteiger partial charge in [0.25, 0.3) is 5.91 Å². The summed E-state index contributed by atoms with van der Waals surface area (Å²) in [7, 11) is 1.83. The lowest BCUT2D eigenvalue weighted by molar-refractivity contribution is 0.0767. The molecule has 7 heteroatoms. The van der Waals surface area contributed by atoms with Crippen LogP contribution in [0.15, 0.2) is 24.7 Å². The maximum absolute atomic E-state index is 12.6. The van der Waals surface area contributed by atoms with Gasteiger partial charge >= 0.3 is 0 Å². The highest BCUT2D eigenvalue weighted by atomic mass is 16.2. The third-order valence-electron chi connectivity index (χ3n) is 4.66. The fourth-order valence-corrected chi connectivity index (χ4v) is 3.14. The number of hydrogen-bond donors (Lipinski definition) is 0. The van der Waals surface area contributed by atoms with Crippen LogP contribution in [0.1, 0.15) is 41.4 Å². The molecule has 7 nitrogen and oxygen atoms in total. The first-order valence-electron chi connectivity index (χ1n) is 8.56. The Hall–Kier alpha value is -2.44. The smallest absolute Gasteiger partial charge is 0.257 e. The minimum absolute atomic E-state index is 0.0614. The zero-order valence-corrected chi connectivity index (χ0v) is 13.9. The van der Waals surface area contributed by atoms with E-state index in [2.05, 4.69) is 15.0 Å². The summed E-state index contributed by atoms with van der Waals surface area (Å²) in [4.78, 5) is 25.9. The Bertz CT molecular complexity index is 738. The van der Waals surface area contributed by atoms with Crippen molar-refractivity contribution >= 4 is 11.7 Å². The Morgan fingerprint density at radius 3 is 2.83 bits per heavy atom. The minimum atomic E-state index is 0.0614. The second kappa shape index (κ2) is 6.22. The highest BCUT2D eigenvalue weighted by Gasteiger charge is 2.27. The fraction of sp³-hybridized carbons (Fsp3) is 0.529. The van der Waals surface area contributed by atoms with Crippen molar-refractivity contribution in [1.29, 1.82) is 0 Å². The van der Waals surface area contributed by atoms with Crippen molar-refractivity contribution in [2.45, 2.75) is 25.2 Å². The first-order chi connectivity index (χ1) is 11.7. The summed E-state index contributed by atoms with van der Waals surface area (Å²) < 4.78 is 1.66. The molecule has 0 N–H and O–H groups in total. The molecule has 0 atom stereocenters. The van der Waals surface area contributed by atoms with Gasteiger partial charge in [-0.05, 0) is 25.3 Å². The van der Waals surface area contributed by atoms with Crippen molar-refractivity contribution in [2.75, 3.05) is 31.1 Å². The summed E-state index contributed by atoms with van der Waals surface area (Å²) in [5.74, 6) is 2.58. The number of carbonyl (C=O) groups is 1. The largest absolute Gasteiger partial charge is 0.355 e. The van der Waals surface area contributed by atoms with Crippen LogP contribution < -0.4 is 4.90 Å². The van der Waals surface area contributed by atoms with Crippen molar-refractivity contribution in [3.05, 3.63) is 36.0 Å². The van der Waals surface area contributed by atoms with Gasteiger partial charge < -0.3 is 9.80 Å². The standard InChI is InChI=1S/C17H22N6O/c1-21-12-14(11-19-21)17(24)23-8-2-7-22(9-10-23)15-5-6-18-16(20-15)13-3-4-13/h5-6,11-13H,2-4,7-10H2,1H3. The zero-order chi connectivity index (χ0) is 16.5. The van der Waals surface area contributed by atoms with Crippen LogP contribution in [0.25, 0.3) is 0 Å². The molecule has 3 heterocycles. The van der Waals surface area contributed by atoms with Crippen molar-refractivity contribution in [3.8, 4) is 0 Å². The van der Waals surface area contributed by atoms with E-state index < -0.39 is 0 Å². The molecule has 1 saturated heterocycles. The average molecular weight is 326 g/mol. The van der Waals surface area contributed by atoms with E-state index in [-0.39, 0.29) is 5.91 Å². The van der Waals surface area contributed by atoms with Gasteiger partial charge in [0.15, 0.2) is 0 Å². The van der Waals surface area contributed by atoms with Gasteiger partial charge in [0, 0.05) is 51.5 Å². The number of aromatic nitrogens is 4. The molecule has 0 unspecified atom stereocenters. The fourth-order valence-electron chi connectivity index (χ4n) is 3.14. The molecule has 1 amide bonds. The maximum atomic E-state index is 12.6. The van der Waals surface area contributed by atoms with Crippen LogP contribution in [-0.4, -0.2) is 56.7 Å². The quantitative estimate of drug-likeness (QED) is 0.854. The van der Waals surface area contributed by atoms with Gasteiger partial charge in [0.1, 0.15) is 11.6 Å². The highest BCUT2D eigenvalue weighted by Crippen LogP contribution is 2.38. The number of hydrogen-bond acceptors (Lipinski definition) is 5. The molecule has 1 aliphatic carbocycles. The summed E-state index contributed by atoms with van der Waals surface area (Å²) >= 11 is 0. The second-order valence-corrected chi connectivity index (χ2v) is 6.58. The van der Waals surface area contributed by atoms with Crippen molar-refractivity contribution < 1.29 is 4.79 Å². The van der Waals surface area contributed by atoms with Gasteiger partial charge in [-0.1, -0.05) is 0 Å². The minimum Gasteiger partial charge on any atom is -0.355 e. The third-order valence-corrected chi connectivity index (χ3v) is 4.66. The van der Waals surface area contributed by atoms with E-state index in [1.54, 1.807) is 17.1 Å². The van der Waals surface area contributed by atoms with Crippen LogP contribution in [0.3, 0.4) is 0 Å². The van der Waals surface area contributed by atoms with Gasteiger partial charge in [-0.25, -0.2) is 9.97 Å². The number of amides is 1. The summed E-state index contributed by atoms with van der Waals surface area (Å²) in [5, 5.41) is 4.09. The van der Waals surface area contributed by atoms with Gasteiger partial charge in [-0.15, -0.1) is 0 Å². The summed E-state index contributed by atoms with van der Waals surface area (Å²) in [6, 6.07) is 1.98. The predicted octanol–water partition coefficient (Wildman–Crippen LogP) is 1.44. The first-order valence-corrected chi connectivity index (χ1v) is 8.56. The Balaban J connectivity index is 1.44. The van der Waals surface area contributed by atoms with E-state index >= 15 is 0 Å². The predicted molar refractivity (Wildman–Crippen MR) is 89.9 cm³/mol. The van der Waals surface area contributed by atoms with E-state index in [4.69, 9.17) is 4.98 Å². The van der Waals surface area contributed by atoms with E-state index in [0.29, 0.717) is 18.0 Å². The molecule has 2 aliphatic rings. The molecule has 2 aromatic rings. The molecule has 1 saturated carbocycles. The number of rotatable bonds is 3. The van der Waals surface area contributed by atoms with Crippen LogP contribution in [-0.2, 0) is 7.05 Å². The SMILES string of the molecule is Cn1cc(C(=O)N2CCCN(c3ccnc(C4CC4)n3)CC2)cn1. The molecule has 0 bridgehead atoms. The summed E-state index contributed by atoms with van der Waals surface area (Å²) in [5.41, 5.74) is 0.656.